The van der Waals surface area contributed by atoms with Crippen molar-refractivity contribution in [2.24, 2.45) is 0 Å². The predicted molar refractivity (Wildman–Crippen MR) is 86.3 cm³/mol. The number of hydrogen-bond acceptors (Lipinski definition) is 2. The molecule has 2 aromatic rings. The summed E-state index contributed by atoms with van der Waals surface area (Å²) < 4.78 is 65.8. The average molecular weight is 364 g/mol. The SMILES string of the molecule is FCCCN(CCCF)CCc1c[nH]c2ccc(OC(F)(F)F)cc12. The molecule has 0 saturated heterocycles. The minimum absolute atomic E-state index is 0.271. The van der Waals surface area contributed by atoms with Crippen molar-refractivity contribution in [2.45, 2.75) is 25.6 Å². The summed E-state index contributed by atoms with van der Waals surface area (Å²) in [7, 11) is 0. The normalized spacial score (nSPS) is 12.2. The number of nitrogens with one attached hydrogen (secondary N) is 1. The Bertz CT molecular complexity index is 648. The van der Waals surface area contributed by atoms with Gasteiger partial charge in [-0.25, -0.2) is 0 Å². The van der Waals surface area contributed by atoms with E-state index in [1.807, 2.05) is 4.90 Å². The van der Waals surface area contributed by atoms with E-state index in [-0.39, 0.29) is 5.75 Å². The Morgan fingerprint density at radius 3 is 2.28 bits per heavy atom. The van der Waals surface area contributed by atoms with Crippen LogP contribution in [0.4, 0.5) is 22.0 Å². The Kier molecular flexibility index (Phi) is 7.04. The molecule has 1 N–H and O–H groups in total. The number of H-pyrrole nitrogens is 1. The Morgan fingerprint density at radius 1 is 1.00 bits per heavy atom. The second kappa shape index (κ2) is 9.03. The van der Waals surface area contributed by atoms with E-state index in [0.717, 1.165) is 5.56 Å². The third kappa shape index (κ3) is 6.19. The molecule has 140 valence electrons. The molecule has 2 rings (SSSR count). The molecule has 25 heavy (non-hydrogen) atoms. The van der Waals surface area contributed by atoms with Gasteiger partial charge in [0.15, 0.2) is 0 Å². The van der Waals surface area contributed by atoms with Crippen LogP contribution in [0.1, 0.15) is 18.4 Å². The molecule has 0 aliphatic heterocycles. The van der Waals surface area contributed by atoms with Crippen LogP contribution in [-0.2, 0) is 6.42 Å². The van der Waals surface area contributed by atoms with E-state index in [0.29, 0.717) is 49.8 Å². The highest BCUT2D eigenvalue weighted by molar-refractivity contribution is 5.84. The Balaban J connectivity index is 2.07. The fourth-order valence-corrected chi connectivity index (χ4v) is 2.74. The lowest BCUT2D eigenvalue weighted by Gasteiger charge is -2.21. The van der Waals surface area contributed by atoms with Crippen LogP contribution in [0.3, 0.4) is 0 Å². The summed E-state index contributed by atoms with van der Waals surface area (Å²) >= 11 is 0. The van der Waals surface area contributed by atoms with E-state index < -0.39 is 19.7 Å². The number of aromatic amines is 1. The number of aromatic nitrogens is 1. The van der Waals surface area contributed by atoms with Gasteiger partial charge in [0.05, 0.1) is 13.3 Å². The van der Waals surface area contributed by atoms with Crippen molar-refractivity contribution in [3.05, 3.63) is 30.0 Å². The topological polar surface area (TPSA) is 28.3 Å². The number of rotatable bonds is 10. The molecular formula is C17H21F5N2O. The third-order valence-corrected chi connectivity index (χ3v) is 3.89. The van der Waals surface area contributed by atoms with Crippen LogP contribution >= 0.6 is 0 Å². The van der Waals surface area contributed by atoms with E-state index >= 15 is 0 Å². The quantitative estimate of drug-likeness (QED) is 0.623. The summed E-state index contributed by atoms with van der Waals surface area (Å²) in [6.45, 7) is 0.772. The van der Waals surface area contributed by atoms with Crippen molar-refractivity contribution >= 4 is 10.9 Å². The molecule has 1 aromatic carbocycles. The van der Waals surface area contributed by atoms with Gasteiger partial charge in [-0.3, -0.25) is 8.78 Å². The minimum atomic E-state index is -4.74. The molecule has 0 unspecified atom stereocenters. The van der Waals surface area contributed by atoms with Gasteiger partial charge in [-0.05, 0) is 43.0 Å². The molecule has 1 heterocycles. The molecular weight excluding hydrogens is 343 g/mol. The first-order valence-corrected chi connectivity index (χ1v) is 8.13. The summed E-state index contributed by atoms with van der Waals surface area (Å²) in [5, 5.41) is 0.651. The van der Waals surface area contributed by atoms with E-state index in [2.05, 4.69) is 9.72 Å². The predicted octanol–water partition coefficient (Wildman–Crippen LogP) is 4.63. The molecule has 0 aliphatic carbocycles. The van der Waals surface area contributed by atoms with Crippen LogP contribution in [0.15, 0.2) is 24.4 Å². The van der Waals surface area contributed by atoms with Gasteiger partial charge in [0.1, 0.15) is 5.75 Å². The molecule has 0 bridgehead atoms. The van der Waals surface area contributed by atoms with Crippen LogP contribution < -0.4 is 4.74 Å². The van der Waals surface area contributed by atoms with Crippen molar-refractivity contribution < 1.29 is 26.7 Å². The van der Waals surface area contributed by atoms with E-state index in [4.69, 9.17) is 0 Å². The first-order chi connectivity index (χ1) is 11.9. The molecule has 3 nitrogen and oxygen atoms in total. The zero-order valence-electron chi connectivity index (χ0n) is 13.7. The van der Waals surface area contributed by atoms with Crippen molar-refractivity contribution in [1.29, 1.82) is 0 Å². The van der Waals surface area contributed by atoms with Crippen LogP contribution in [0.2, 0.25) is 0 Å². The number of ether oxygens (including phenoxy) is 1. The monoisotopic (exact) mass is 364 g/mol. The van der Waals surface area contributed by atoms with Gasteiger partial charge >= 0.3 is 6.36 Å². The fraction of sp³-hybridized carbons (Fsp3) is 0.529. The minimum Gasteiger partial charge on any atom is -0.406 e. The third-order valence-electron chi connectivity index (χ3n) is 3.89. The maximum atomic E-state index is 12.4. The second-order valence-corrected chi connectivity index (χ2v) is 5.75. The van der Waals surface area contributed by atoms with Gasteiger partial charge in [-0.1, -0.05) is 0 Å². The summed E-state index contributed by atoms with van der Waals surface area (Å²) in [6.07, 6.45) is -1.67. The molecule has 8 heteroatoms. The maximum Gasteiger partial charge on any atom is 0.573 e. The molecule has 1 aromatic heterocycles. The van der Waals surface area contributed by atoms with Gasteiger partial charge in [0, 0.05) is 36.7 Å². The lowest BCUT2D eigenvalue weighted by atomic mass is 10.1. The summed E-state index contributed by atoms with van der Waals surface area (Å²) in [5.41, 5.74) is 1.55. The van der Waals surface area contributed by atoms with E-state index in [9.17, 15) is 22.0 Å². The fourth-order valence-electron chi connectivity index (χ4n) is 2.74. The first-order valence-electron chi connectivity index (χ1n) is 8.13. The molecule has 0 radical (unpaired) electrons. The second-order valence-electron chi connectivity index (χ2n) is 5.75. The largest absolute Gasteiger partial charge is 0.573 e. The molecule has 0 atom stereocenters. The standard InChI is InChI=1S/C17H21F5N2O/c18-6-1-8-24(9-2-7-19)10-5-13-12-23-16-4-3-14(11-15(13)16)25-17(20,21)22/h3-4,11-12,23H,1-2,5-10H2. The maximum absolute atomic E-state index is 12.4. The van der Waals surface area contributed by atoms with Gasteiger partial charge in [0.25, 0.3) is 0 Å². The van der Waals surface area contributed by atoms with E-state index in [1.54, 1.807) is 6.20 Å². The highest BCUT2D eigenvalue weighted by Gasteiger charge is 2.31. The molecule has 0 amide bonds. The van der Waals surface area contributed by atoms with Crippen LogP contribution in [0, 0.1) is 0 Å². The van der Waals surface area contributed by atoms with Gasteiger partial charge in [-0.2, -0.15) is 0 Å². The molecule has 0 spiro atoms. The first kappa shape index (κ1) is 19.5. The summed E-state index contributed by atoms with van der Waals surface area (Å²) in [4.78, 5) is 4.98. The highest BCUT2D eigenvalue weighted by atomic mass is 19.4. The Morgan fingerprint density at radius 2 is 1.68 bits per heavy atom. The number of nitrogens with zero attached hydrogens (tertiary/aromatic N) is 1. The lowest BCUT2D eigenvalue weighted by Crippen LogP contribution is -2.29. The van der Waals surface area contributed by atoms with Crippen molar-refractivity contribution in [2.75, 3.05) is 33.0 Å². The zero-order chi connectivity index (χ0) is 18.3. The van der Waals surface area contributed by atoms with Crippen LogP contribution in [0.5, 0.6) is 5.75 Å². The number of fused-ring (bicyclic) bond motifs is 1. The van der Waals surface area contributed by atoms with Crippen molar-refractivity contribution in [3.8, 4) is 5.75 Å². The number of halogens is 5. The molecule has 0 saturated carbocycles. The van der Waals surface area contributed by atoms with Crippen molar-refractivity contribution in [3.63, 3.8) is 0 Å². The lowest BCUT2D eigenvalue weighted by molar-refractivity contribution is -0.274. The Labute approximate surface area is 142 Å². The van der Waals surface area contributed by atoms with Gasteiger partial charge < -0.3 is 14.6 Å². The number of benzene rings is 1. The smallest absolute Gasteiger partial charge is 0.406 e. The van der Waals surface area contributed by atoms with Crippen LogP contribution in [0.25, 0.3) is 10.9 Å². The average Bonchev–Trinajstić information content (AvgIpc) is 2.95. The van der Waals surface area contributed by atoms with Gasteiger partial charge in [0.2, 0.25) is 0 Å². The zero-order valence-corrected chi connectivity index (χ0v) is 13.7. The summed E-state index contributed by atoms with van der Waals surface area (Å²) in [6, 6.07) is 4.14. The van der Waals surface area contributed by atoms with E-state index in [1.165, 1.54) is 18.2 Å². The molecule has 0 fully saturated rings. The number of hydrogen-bond donors (Lipinski definition) is 1. The molecule has 0 aliphatic rings. The summed E-state index contributed by atoms with van der Waals surface area (Å²) in [5.74, 6) is -0.271. The van der Waals surface area contributed by atoms with Crippen LogP contribution in [-0.4, -0.2) is 49.2 Å². The van der Waals surface area contributed by atoms with Crippen molar-refractivity contribution in [1.82, 2.24) is 9.88 Å². The van der Waals surface area contributed by atoms with Gasteiger partial charge in [-0.15, -0.1) is 13.2 Å². The number of alkyl halides is 5. The highest BCUT2D eigenvalue weighted by Crippen LogP contribution is 2.28. The Hall–Kier alpha value is -1.83.